The number of aromatic carboxylic acids is 1. The highest BCUT2D eigenvalue weighted by atomic mass is 32.2. The first-order chi connectivity index (χ1) is 11.2. The number of carboxylic acid groups (broad SMARTS) is 1. The van der Waals surface area contributed by atoms with E-state index in [0.29, 0.717) is 17.5 Å². The van der Waals surface area contributed by atoms with Crippen LogP contribution in [0.25, 0.3) is 0 Å². The molecule has 0 unspecified atom stereocenters. The van der Waals surface area contributed by atoms with Gasteiger partial charge < -0.3 is 10.4 Å². The smallest absolute Gasteiger partial charge is 0.341 e. The fourth-order valence-electron chi connectivity index (χ4n) is 2.02. The first-order valence-electron chi connectivity index (χ1n) is 7.71. The summed E-state index contributed by atoms with van der Waals surface area (Å²) in [6.45, 7) is 2.69. The summed E-state index contributed by atoms with van der Waals surface area (Å²) in [5.41, 5.74) is 1.17. The summed E-state index contributed by atoms with van der Waals surface area (Å²) in [5, 5.41) is 13.0. The van der Waals surface area contributed by atoms with Crippen LogP contribution in [0, 0.1) is 0 Å². The van der Waals surface area contributed by atoms with Crippen molar-refractivity contribution >= 4 is 23.5 Å². The number of hydrogen-bond acceptors (Lipinski definition) is 5. The van der Waals surface area contributed by atoms with Crippen LogP contribution in [-0.4, -0.2) is 26.8 Å². The molecule has 0 atom stereocenters. The van der Waals surface area contributed by atoms with Crippen LogP contribution >= 0.6 is 11.8 Å². The average Bonchev–Trinajstić information content (AvgIpc) is 2.58. The van der Waals surface area contributed by atoms with Gasteiger partial charge in [-0.25, -0.2) is 14.8 Å². The second-order valence-electron chi connectivity index (χ2n) is 5.11. The summed E-state index contributed by atoms with van der Waals surface area (Å²) < 4.78 is 0. The molecular weight excluding hydrogens is 310 g/mol. The summed E-state index contributed by atoms with van der Waals surface area (Å²) in [6.07, 6.45) is 4.84. The van der Waals surface area contributed by atoms with Gasteiger partial charge in [-0.2, -0.15) is 0 Å². The van der Waals surface area contributed by atoms with Crippen LogP contribution < -0.4 is 5.32 Å². The largest absolute Gasteiger partial charge is 0.477 e. The maximum atomic E-state index is 11.3. The van der Waals surface area contributed by atoms with Gasteiger partial charge in [-0.05, 0) is 12.0 Å². The molecule has 0 aliphatic rings. The van der Waals surface area contributed by atoms with Crippen LogP contribution in [0.3, 0.4) is 0 Å². The molecule has 0 amide bonds. The third-order valence-electron chi connectivity index (χ3n) is 3.28. The Kier molecular flexibility index (Phi) is 6.87. The van der Waals surface area contributed by atoms with E-state index >= 15 is 0 Å². The molecule has 2 rings (SSSR count). The van der Waals surface area contributed by atoms with E-state index in [1.54, 1.807) is 11.8 Å². The number of thioether (sulfide) groups is 1. The quantitative estimate of drug-likeness (QED) is 0.410. The van der Waals surface area contributed by atoms with Gasteiger partial charge in [0.25, 0.3) is 0 Å². The van der Waals surface area contributed by atoms with Gasteiger partial charge in [-0.3, -0.25) is 0 Å². The summed E-state index contributed by atoms with van der Waals surface area (Å²) in [6, 6.07) is 9.81. The van der Waals surface area contributed by atoms with Gasteiger partial charge in [-0.15, -0.1) is 0 Å². The molecule has 23 heavy (non-hydrogen) atoms. The molecule has 2 N–H and O–H groups in total. The minimum Gasteiger partial charge on any atom is -0.477 e. The lowest BCUT2D eigenvalue weighted by atomic mass is 10.2. The van der Waals surface area contributed by atoms with Crippen molar-refractivity contribution in [3.8, 4) is 0 Å². The van der Waals surface area contributed by atoms with E-state index in [9.17, 15) is 9.90 Å². The number of benzene rings is 1. The van der Waals surface area contributed by atoms with E-state index < -0.39 is 5.97 Å². The van der Waals surface area contributed by atoms with Gasteiger partial charge in [0.15, 0.2) is 5.16 Å². The topological polar surface area (TPSA) is 75.1 Å². The Bertz CT molecular complexity index is 635. The molecule has 0 saturated carbocycles. The number of hydrogen-bond donors (Lipinski definition) is 2. The Morgan fingerprint density at radius 1 is 1.26 bits per heavy atom. The molecule has 6 heteroatoms. The van der Waals surface area contributed by atoms with Crippen LogP contribution in [0.1, 0.15) is 42.1 Å². The first-order valence-corrected chi connectivity index (χ1v) is 8.70. The van der Waals surface area contributed by atoms with Crippen molar-refractivity contribution in [3.63, 3.8) is 0 Å². The molecular formula is C17H21N3O2S. The molecule has 0 bridgehead atoms. The number of carbonyl (C=O) groups is 1. The first kappa shape index (κ1) is 17.3. The maximum Gasteiger partial charge on any atom is 0.341 e. The predicted molar refractivity (Wildman–Crippen MR) is 93.0 cm³/mol. The standard InChI is InChI=1S/C17H21N3O2S/c1-2-3-7-10-23-17-19-12-14(16(21)22)15(20-17)18-11-13-8-5-4-6-9-13/h4-6,8-9,12H,2-3,7,10-11H2,1H3,(H,21,22)(H,18,19,20). The minimum atomic E-state index is -1.02. The molecule has 0 aliphatic carbocycles. The average molecular weight is 331 g/mol. The molecule has 2 aromatic rings. The van der Waals surface area contributed by atoms with Gasteiger partial charge in [0, 0.05) is 18.5 Å². The van der Waals surface area contributed by atoms with Crippen LogP contribution in [0.15, 0.2) is 41.7 Å². The molecule has 0 saturated heterocycles. The normalized spacial score (nSPS) is 10.5. The molecule has 0 aliphatic heterocycles. The highest BCUT2D eigenvalue weighted by molar-refractivity contribution is 7.99. The number of aromatic nitrogens is 2. The van der Waals surface area contributed by atoms with Crippen LogP contribution in [-0.2, 0) is 6.54 Å². The Labute approximate surface area is 140 Å². The third kappa shape index (κ3) is 5.56. The summed E-state index contributed by atoms with van der Waals surface area (Å²) >= 11 is 1.56. The zero-order valence-electron chi connectivity index (χ0n) is 13.2. The van der Waals surface area contributed by atoms with Gasteiger partial charge in [-0.1, -0.05) is 61.9 Å². The minimum absolute atomic E-state index is 0.0961. The highest BCUT2D eigenvalue weighted by Crippen LogP contribution is 2.20. The van der Waals surface area contributed by atoms with E-state index in [1.165, 1.54) is 19.0 Å². The highest BCUT2D eigenvalue weighted by Gasteiger charge is 2.13. The third-order valence-corrected chi connectivity index (χ3v) is 4.23. The van der Waals surface area contributed by atoms with E-state index in [1.807, 2.05) is 30.3 Å². The molecule has 0 fully saturated rings. The van der Waals surface area contributed by atoms with Crippen molar-refractivity contribution in [3.05, 3.63) is 47.7 Å². The zero-order chi connectivity index (χ0) is 16.5. The van der Waals surface area contributed by atoms with Crippen molar-refractivity contribution in [2.45, 2.75) is 37.9 Å². The van der Waals surface area contributed by atoms with E-state index in [2.05, 4.69) is 22.2 Å². The maximum absolute atomic E-state index is 11.3. The molecule has 1 aromatic carbocycles. The van der Waals surface area contributed by atoms with Gasteiger partial charge in [0.1, 0.15) is 11.4 Å². The molecule has 0 spiro atoms. The lowest BCUT2D eigenvalue weighted by Gasteiger charge is -2.10. The lowest BCUT2D eigenvalue weighted by Crippen LogP contribution is -2.10. The number of unbranched alkanes of at least 4 members (excludes halogenated alkanes) is 2. The Morgan fingerprint density at radius 2 is 2.04 bits per heavy atom. The van der Waals surface area contributed by atoms with Crippen molar-refractivity contribution in [2.75, 3.05) is 11.1 Å². The van der Waals surface area contributed by atoms with Gasteiger partial charge in [0.05, 0.1) is 0 Å². The fourth-order valence-corrected chi connectivity index (χ4v) is 2.84. The molecule has 0 radical (unpaired) electrons. The van der Waals surface area contributed by atoms with Crippen LogP contribution in [0.5, 0.6) is 0 Å². The van der Waals surface area contributed by atoms with Crippen molar-refractivity contribution in [1.29, 1.82) is 0 Å². The van der Waals surface area contributed by atoms with Crippen molar-refractivity contribution in [2.24, 2.45) is 0 Å². The van der Waals surface area contributed by atoms with Crippen LogP contribution in [0.2, 0.25) is 0 Å². The van der Waals surface area contributed by atoms with Gasteiger partial charge in [0.2, 0.25) is 0 Å². The predicted octanol–water partition coefficient (Wildman–Crippen LogP) is 4.07. The van der Waals surface area contributed by atoms with E-state index in [-0.39, 0.29) is 5.56 Å². The van der Waals surface area contributed by atoms with Crippen molar-refractivity contribution in [1.82, 2.24) is 9.97 Å². The Balaban J connectivity index is 2.06. The Morgan fingerprint density at radius 3 is 2.74 bits per heavy atom. The number of rotatable bonds is 9. The van der Waals surface area contributed by atoms with Gasteiger partial charge >= 0.3 is 5.97 Å². The Hall–Kier alpha value is -2.08. The van der Waals surface area contributed by atoms with Crippen LogP contribution in [0.4, 0.5) is 5.82 Å². The van der Waals surface area contributed by atoms with E-state index in [4.69, 9.17) is 0 Å². The second-order valence-corrected chi connectivity index (χ2v) is 6.18. The molecule has 122 valence electrons. The second kappa shape index (κ2) is 9.15. The summed E-state index contributed by atoms with van der Waals surface area (Å²) in [7, 11) is 0. The number of nitrogens with zero attached hydrogens (tertiary/aromatic N) is 2. The fraction of sp³-hybridized carbons (Fsp3) is 0.353. The summed E-state index contributed by atoms with van der Waals surface area (Å²) in [5.74, 6) is 0.288. The van der Waals surface area contributed by atoms with Crippen molar-refractivity contribution < 1.29 is 9.90 Å². The molecule has 1 aromatic heterocycles. The summed E-state index contributed by atoms with van der Waals surface area (Å²) in [4.78, 5) is 19.8. The lowest BCUT2D eigenvalue weighted by molar-refractivity contribution is 0.0697. The monoisotopic (exact) mass is 331 g/mol. The number of carboxylic acids is 1. The zero-order valence-corrected chi connectivity index (χ0v) is 14.0. The molecule has 5 nitrogen and oxygen atoms in total. The SMILES string of the molecule is CCCCCSc1ncc(C(=O)O)c(NCc2ccccc2)n1. The number of anilines is 1. The number of nitrogens with one attached hydrogen (secondary N) is 1. The van der Waals surface area contributed by atoms with E-state index in [0.717, 1.165) is 17.7 Å². The molecule has 1 heterocycles.